The number of benzene rings is 2. The number of nitrogens with one attached hydrogen (secondary N) is 1. The highest BCUT2D eigenvalue weighted by atomic mass is 16.3. The van der Waals surface area contributed by atoms with E-state index >= 15 is 0 Å². The molecule has 2 aliphatic rings. The highest BCUT2D eigenvalue weighted by Gasteiger charge is 2.33. The van der Waals surface area contributed by atoms with Gasteiger partial charge >= 0.3 is 0 Å². The number of furan rings is 1. The van der Waals surface area contributed by atoms with Gasteiger partial charge in [0.1, 0.15) is 11.1 Å². The second-order valence-corrected chi connectivity index (χ2v) is 7.47. The van der Waals surface area contributed by atoms with Crippen LogP contribution in [0.2, 0.25) is 0 Å². The lowest BCUT2D eigenvalue weighted by Crippen LogP contribution is -2.19. The molecular weight excluding hydrogens is 308 g/mol. The summed E-state index contributed by atoms with van der Waals surface area (Å²) in [6.07, 6.45) is 8.52. The number of pyridine rings is 1. The third-order valence-electron chi connectivity index (χ3n) is 6.07. The largest absolute Gasteiger partial charge is 0.454 e. The molecule has 0 amide bonds. The zero-order valence-corrected chi connectivity index (χ0v) is 14.1. The number of fused-ring (bicyclic) bond motifs is 11. The van der Waals surface area contributed by atoms with Gasteiger partial charge in [0.25, 0.3) is 0 Å². The van der Waals surface area contributed by atoms with Crippen molar-refractivity contribution in [2.24, 2.45) is 0 Å². The number of nitrogens with zero attached hydrogens (tertiary/aromatic N) is 1. The van der Waals surface area contributed by atoms with E-state index in [-0.39, 0.29) is 0 Å². The molecule has 2 aromatic heterocycles. The second kappa shape index (κ2) is 5.06. The molecule has 0 saturated carbocycles. The van der Waals surface area contributed by atoms with Gasteiger partial charge in [-0.25, -0.2) is 0 Å². The molecule has 0 aliphatic carbocycles. The van der Waals surface area contributed by atoms with E-state index in [1.807, 2.05) is 12.1 Å². The number of hydrogen-bond acceptors (Lipinski definition) is 3. The van der Waals surface area contributed by atoms with Gasteiger partial charge in [-0.2, -0.15) is 0 Å². The lowest BCUT2D eigenvalue weighted by atomic mass is 9.96. The van der Waals surface area contributed by atoms with Crippen molar-refractivity contribution in [2.45, 2.75) is 44.2 Å². The summed E-state index contributed by atoms with van der Waals surface area (Å²) in [5, 5.41) is 7.46. The maximum Gasteiger partial charge on any atom is 0.161 e. The van der Waals surface area contributed by atoms with Gasteiger partial charge in [-0.1, -0.05) is 43.5 Å². The van der Waals surface area contributed by atoms with Gasteiger partial charge in [-0.3, -0.25) is 4.98 Å². The lowest BCUT2D eigenvalue weighted by molar-refractivity contribution is 0.393. The summed E-state index contributed by atoms with van der Waals surface area (Å²) in [6, 6.07) is 13.7. The Balaban J connectivity index is 1.69. The fourth-order valence-corrected chi connectivity index (χ4v) is 4.90. The highest BCUT2D eigenvalue weighted by Crippen LogP contribution is 2.44. The van der Waals surface area contributed by atoms with Crippen LogP contribution in [-0.2, 0) is 0 Å². The molecule has 4 aromatic rings. The molecule has 0 spiro atoms. The van der Waals surface area contributed by atoms with E-state index in [4.69, 9.17) is 9.40 Å². The van der Waals surface area contributed by atoms with Gasteiger partial charge in [-0.15, -0.1) is 0 Å². The molecule has 124 valence electrons. The van der Waals surface area contributed by atoms with Crippen LogP contribution in [0, 0.1) is 0 Å². The molecule has 0 radical (unpaired) electrons. The maximum atomic E-state index is 6.20. The predicted octanol–water partition coefficient (Wildman–Crippen LogP) is 5.78. The fraction of sp³-hybridized carbons (Fsp3) is 0.318. The Labute approximate surface area is 146 Å². The molecule has 1 saturated heterocycles. The van der Waals surface area contributed by atoms with Crippen LogP contribution in [0.3, 0.4) is 0 Å². The van der Waals surface area contributed by atoms with E-state index < -0.39 is 0 Å². The van der Waals surface area contributed by atoms with E-state index in [1.54, 1.807) is 0 Å². The smallest absolute Gasteiger partial charge is 0.161 e. The van der Waals surface area contributed by atoms with Crippen LogP contribution in [0.5, 0.6) is 0 Å². The third-order valence-corrected chi connectivity index (χ3v) is 6.07. The first-order chi connectivity index (χ1) is 12.4. The molecule has 4 heterocycles. The van der Waals surface area contributed by atoms with Crippen molar-refractivity contribution in [3.05, 3.63) is 53.7 Å². The van der Waals surface area contributed by atoms with Gasteiger partial charge in [0.2, 0.25) is 0 Å². The molecule has 2 aromatic carbocycles. The minimum atomic E-state index is 0.465. The number of para-hydroxylation sites is 1. The van der Waals surface area contributed by atoms with Crippen molar-refractivity contribution in [3.63, 3.8) is 0 Å². The Morgan fingerprint density at radius 3 is 2.68 bits per heavy atom. The molecule has 1 fully saturated rings. The normalized spacial score (nSPS) is 23.0. The fourth-order valence-electron chi connectivity index (χ4n) is 4.90. The van der Waals surface area contributed by atoms with Crippen LogP contribution in [0.1, 0.15) is 55.3 Å². The SMILES string of the molecule is c1ccc2c(c1)oc1c2ccc2c3c(cnc21)C1CCCCCC3N1. The number of rotatable bonds is 0. The Hall–Kier alpha value is -2.39. The minimum absolute atomic E-state index is 0.465. The topological polar surface area (TPSA) is 38.1 Å². The van der Waals surface area contributed by atoms with E-state index in [9.17, 15) is 0 Å². The maximum absolute atomic E-state index is 6.20. The van der Waals surface area contributed by atoms with Gasteiger partial charge in [0, 0.05) is 34.4 Å². The summed E-state index contributed by atoms with van der Waals surface area (Å²) in [5.74, 6) is 0. The summed E-state index contributed by atoms with van der Waals surface area (Å²) in [6.45, 7) is 0. The Bertz CT molecular complexity index is 1130. The summed E-state index contributed by atoms with van der Waals surface area (Å²) in [7, 11) is 0. The highest BCUT2D eigenvalue weighted by molar-refractivity contribution is 6.14. The van der Waals surface area contributed by atoms with Crippen molar-refractivity contribution in [1.82, 2.24) is 10.3 Å². The number of hydrogen-bond donors (Lipinski definition) is 1. The summed E-state index contributed by atoms with van der Waals surface area (Å²) >= 11 is 0. The Morgan fingerprint density at radius 1 is 0.880 bits per heavy atom. The lowest BCUT2D eigenvalue weighted by Gasteiger charge is -2.18. The quantitative estimate of drug-likeness (QED) is 0.444. The first-order valence-corrected chi connectivity index (χ1v) is 9.39. The predicted molar refractivity (Wildman–Crippen MR) is 101 cm³/mol. The molecule has 6 rings (SSSR count). The van der Waals surface area contributed by atoms with Crippen LogP contribution in [-0.4, -0.2) is 4.98 Å². The molecule has 3 heteroatoms. The van der Waals surface area contributed by atoms with Gasteiger partial charge in [-0.05, 0) is 36.1 Å². The Kier molecular flexibility index (Phi) is 2.80. The van der Waals surface area contributed by atoms with Gasteiger partial charge < -0.3 is 9.73 Å². The monoisotopic (exact) mass is 328 g/mol. The minimum Gasteiger partial charge on any atom is -0.454 e. The van der Waals surface area contributed by atoms with Crippen LogP contribution < -0.4 is 5.32 Å². The van der Waals surface area contributed by atoms with Crippen molar-refractivity contribution in [3.8, 4) is 0 Å². The zero-order valence-electron chi connectivity index (χ0n) is 14.1. The van der Waals surface area contributed by atoms with Crippen LogP contribution in [0.4, 0.5) is 0 Å². The second-order valence-electron chi connectivity index (χ2n) is 7.47. The molecule has 1 N–H and O–H groups in total. The van der Waals surface area contributed by atoms with Gasteiger partial charge in [0.05, 0.1) is 0 Å². The number of aromatic nitrogens is 1. The average Bonchev–Trinajstić information content (AvgIpc) is 3.19. The summed E-state index contributed by atoms with van der Waals surface area (Å²) < 4.78 is 6.20. The zero-order chi connectivity index (χ0) is 16.4. The molecule has 2 unspecified atom stereocenters. The molecule has 2 bridgehead atoms. The van der Waals surface area contributed by atoms with E-state index in [0.29, 0.717) is 12.1 Å². The first-order valence-electron chi connectivity index (χ1n) is 9.39. The van der Waals surface area contributed by atoms with Crippen LogP contribution in [0.25, 0.3) is 32.8 Å². The van der Waals surface area contributed by atoms with Crippen LogP contribution in [0.15, 0.2) is 47.0 Å². The Morgan fingerprint density at radius 2 is 1.72 bits per heavy atom. The van der Waals surface area contributed by atoms with E-state index in [2.05, 4.69) is 35.8 Å². The first kappa shape index (κ1) is 13.9. The van der Waals surface area contributed by atoms with E-state index in [1.165, 1.54) is 59.4 Å². The van der Waals surface area contributed by atoms with Crippen molar-refractivity contribution in [2.75, 3.05) is 0 Å². The van der Waals surface area contributed by atoms with Crippen molar-refractivity contribution in [1.29, 1.82) is 0 Å². The van der Waals surface area contributed by atoms with Crippen molar-refractivity contribution >= 4 is 32.8 Å². The molecular formula is C22H20N2O. The van der Waals surface area contributed by atoms with E-state index in [0.717, 1.165) is 16.7 Å². The molecule has 2 aliphatic heterocycles. The summed E-state index contributed by atoms with van der Waals surface area (Å²) in [5.41, 5.74) is 5.77. The van der Waals surface area contributed by atoms with Gasteiger partial charge in [0.15, 0.2) is 5.58 Å². The van der Waals surface area contributed by atoms with Crippen LogP contribution >= 0.6 is 0 Å². The average molecular weight is 328 g/mol. The standard InChI is InChI=1S/C22H20N2O/c1-2-7-17-16-12-23-21-15(20(16)18(24-17)8-3-1)11-10-14-13-6-4-5-9-19(13)25-22(14)21/h4-6,9-12,17-18,24H,1-3,7-8H2. The summed E-state index contributed by atoms with van der Waals surface area (Å²) in [4.78, 5) is 4.86. The van der Waals surface area contributed by atoms with Crippen molar-refractivity contribution < 1.29 is 4.42 Å². The third kappa shape index (κ3) is 1.87. The molecule has 2 atom stereocenters. The molecule has 3 nitrogen and oxygen atoms in total. The molecule has 25 heavy (non-hydrogen) atoms.